The highest BCUT2D eigenvalue weighted by Crippen LogP contribution is 2.37. The summed E-state index contributed by atoms with van der Waals surface area (Å²) in [4.78, 5) is 0. The van der Waals surface area contributed by atoms with Gasteiger partial charge in [-0.05, 0) is 42.4 Å². The van der Waals surface area contributed by atoms with Gasteiger partial charge in [0, 0.05) is 6.54 Å². The average molecular weight is 308 g/mol. The second-order valence-electron chi connectivity index (χ2n) is 4.59. The molecule has 0 aliphatic carbocycles. The number of rotatable bonds is 6. The van der Waals surface area contributed by atoms with Crippen LogP contribution in [-0.2, 0) is 13.2 Å². The summed E-state index contributed by atoms with van der Waals surface area (Å²) >= 11 is 6.27. The third kappa shape index (κ3) is 4.03. The normalized spacial score (nSPS) is 10.4. The number of phenolic OH excluding ortho intramolecular Hbond substituents is 1. The molecule has 0 heterocycles. The first kappa shape index (κ1) is 15.5. The quantitative estimate of drug-likeness (QED) is 0.859. The summed E-state index contributed by atoms with van der Waals surface area (Å²) in [5.41, 5.74) is 1.96. The van der Waals surface area contributed by atoms with Crippen molar-refractivity contribution in [2.24, 2.45) is 0 Å². The Morgan fingerprint density at radius 2 is 1.86 bits per heavy atom. The fourth-order valence-corrected chi connectivity index (χ4v) is 2.25. The molecule has 2 aromatic rings. The number of nitrogens with one attached hydrogen (secondary N) is 1. The van der Waals surface area contributed by atoms with Crippen LogP contribution in [0.2, 0.25) is 5.02 Å². The van der Waals surface area contributed by atoms with E-state index >= 15 is 0 Å². The first-order valence-corrected chi connectivity index (χ1v) is 6.93. The van der Waals surface area contributed by atoms with Gasteiger partial charge in [-0.1, -0.05) is 23.7 Å². The minimum absolute atomic E-state index is 0.228. The Labute approximate surface area is 129 Å². The minimum Gasteiger partial charge on any atom is -0.508 e. The molecule has 0 bridgehead atoms. The Hall–Kier alpha value is -1.91. The molecule has 2 rings (SSSR count). The molecule has 0 atom stereocenters. The van der Waals surface area contributed by atoms with Gasteiger partial charge in [0.2, 0.25) is 0 Å². The molecular weight excluding hydrogens is 290 g/mol. The molecule has 2 aromatic carbocycles. The maximum absolute atomic E-state index is 9.26. The van der Waals surface area contributed by atoms with Gasteiger partial charge in [-0.3, -0.25) is 0 Å². The van der Waals surface area contributed by atoms with Gasteiger partial charge in [0.15, 0.2) is 11.5 Å². The summed E-state index contributed by atoms with van der Waals surface area (Å²) in [7, 11) is 3.46. The minimum atomic E-state index is 0.228. The van der Waals surface area contributed by atoms with E-state index in [0.717, 1.165) is 11.1 Å². The summed E-state index contributed by atoms with van der Waals surface area (Å²) in [5, 5.41) is 12.8. The van der Waals surface area contributed by atoms with Crippen LogP contribution in [0.1, 0.15) is 11.1 Å². The van der Waals surface area contributed by atoms with E-state index in [1.54, 1.807) is 31.4 Å². The van der Waals surface area contributed by atoms with E-state index in [9.17, 15) is 5.11 Å². The van der Waals surface area contributed by atoms with E-state index in [0.29, 0.717) is 29.7 Å². The van der Waals surface area contributed by atoms with Crippen molar-refractivity contribution in [1.82, 2.24) is 5.32 Å². The maximum atomic E-state index is 9.26. The third-order valence-corrected chi connectivity index (χ3v) is 3.27. The van der Waals surface area contributed by atoms with Crippen molar-refractivity contribution in [2.75, 3.05) is 14.2 Å². The summed E-state index contributed by atoms with van der Waals surface area (Å²) in [5.74, 6) is 1.35. The maximum Gasteiger partial charge on any atom is 0.180 e. The van der Waals surface area contributed by atoms with Crippen LogP contribution < -0.4 is 14.8 Å². The predicted octanol–water partition coefficient (Wildman–Crippen LogP) is 3.35. The number of ether oxygens (including phenoxy) is 2. The van der Waals surface area contributed by atoms with Crippen molar-refractivity contribution in [1.29, 1.82) is 0 Å². The fraction of sp³-hybridized carbons (Fsp3) is 0.250. The molecule has 2 N–H and O–H groups in total. The molecule has 0 saturated carbocycles. The Bertz CT molecular complexity index is 599. The van der Waals surface area contributed by atoms with Crippen molar-refractivity contribution < 1.29 is 14.6 Å². The van der Waals surface area contributed by atoms with E-state index in [1.165, 1.54) is 0 Å². The Kier molecular flexibility index (Phi) is 5.31. The topological polar surface area (TPSA) is 50.7 Å². The van der Waals surface area contributed by atoms with Gasteiger partial charge in [-0.25, -0.2) is 0 Å². The SMILES string of the molecule is CNCc1cc(Cl)c(OCc2ccc(O)cc2)c(OC)c1. The van der Waals surface area contributed by atoms with Crippen LogP contribution >= 0.6 is 11.6 Å². The Morgan fingerprint density at radius 1 is 1.14 bits per heavy atom. The van der Waals surface area contributed by atoms with Gasteiger partial charge in [-0.2, -0.15) is 0 Å². The molecular formula is C16H18ClNO3. The molecule has 0 aliphatic rings. The number of aromatic hydroxyl groups is 1. The molecule has 4 nitrogen and oxygen atoms in total. The van der Waals surface area contributed by atoms with Gasteiger partial charge < -0.3 is 19.9 Å². The van der Waals surface area contributed by atoms with Gasteiger partial charge in [-0.15, -0.1) is 0 Å². The highest BCUT2D eigenvalue weighted by molar-refractivity contribution is 6.32. The van der Waals surface area contributed by atoms with Gasteiger partial charge >= 0.3 is 0 Å². The van der Waals surface area contributed by atoms with Crippen LogP contribution in [0.4, 0.5) is 0 Å². The molecule has 0 amide bonds. The van der Waals surface area contributed by atoms with Gasteiger partial charge in [0.1, 0.15) is 12.4 Å². The lowest BCUT2D eigenvalue weighted by Crippen LogP contribution is -2.06. The fourth-order valence-electron chi connectivity index (χ4n) is 1.97. The van der Waals surface area contributed by atoms with E-state index in [4.69, 9.17) is 21.1 Å². The first-order chi connectivity index (χ1) is 10.1. The number of hydrogen-bond acceptors (Lipinski definition) is 4. The lowest BCUT2D eigenvalue weighted by atomic mass is 10.2. The van der Waals surface area contributed by atoms with Crippen molar-refractivity contribution in [2.45, 2.75) is 13.2 Å². The van der Waals surface area contributed by atoms with Gasteiger partial charge in [0.25, 0.3) is 0 Å². The van der Waals surface area contributed by atoms with Crippen LogP contribution in [0, 0.1) is 0 Å². The number of phenols is 1. The first-order valence-electron chi connectivity index (χ1n) is 6.55. The largest absolute Gasteiger partial charge is 0.508 e. The molecule has 0 radical (unpaired) electrons. The smallest absolute Gasteiger partial charge is 0.180 e. The van der Waals surface area contributed by atoms with Crippen molar-refractivity contribution in [3.63, 3.8) is 0 Å². The molecule has 0 spiro atoms. The van der Waals surface area contributed by atoms with E-state index < -0.39 is 0 Å². The summed E-state index contributed by atoms with van der Waals surface area (Å²) in [6.07, 6.45) is 0. The van der Waals surface area contributed by atoms with Crippen molar-refractivity contribution in [3.8, 4) is 17.2 Å². The standard InChI is InChI=1S/C16H18ClNO3/c1-18-9-12-7-14(17)16(15(8-12)20-2)21-10-11-3-5-13(19)6-4-11/h3-8,18-19H,9-10H2,1-2H3. The molecule has 0 unspecified atom stereocenters. The van der Waals surface area contributed by atoms with Crippen LogP contribution in [0.5, 0.6) is 17.2 Å². The number of halogens is 1. The average Bonchev–Trinajstić information content (AvgIpc) is 2.47. The monoisotopic (exact) mass is 307 g/mol. The van der Waals surface area contributed by atoms with E-state index in [2.05, 4.69) is 5.32 Å². The predicted molar refractivity (Wildman–Crippen MR) is 83.2 cm³/mol. The number of methoxy groups -OCH3 is 1. The van der Waals surface area contributed by atoms with Crippen molar-refractivity contribution >= 4 is 11.6 Å². The number of hydrogen-bond donors (Lipinski definition) is 2. The van der Waals surface area contributed by atoms with Gasteiger partial charge in [0.05, 0.1) is 12.1 Å². The Morgan fingerprint density at radius 3 is 2.48 bits per heavy atom. The zero-order valence-electron chi connectivity index (χ0n) is 12.0. The summed E-state index contributed by atoms with van der Waals surface area (Å²) < 4.78 is 11.1. The molecule has 0 fully saturated rings. The van der Waals surface area contributed by atoms with Crippen LogP contribution in [0.25, 0.3) is 0 Å². The lowest BCUT2D eigenvalue weighted by Gasteiger charge is -2.14. The van der Waals surface area contributed by atoms with Crippen molar-refractivity contribution in [3.05, 3.63) is 52.5 Å². The third-order valence-electron chi connectivity index (χ3n) is 2.99. The molecule has 0 aromatic heterocycles. The molecule has 112 valence electrons. The van der Waals surface area contributed by atoms with Crippen LogP contribution in [-0.4, -0.2) is 19.3 Å². The zero-order valence-corrected chi connectivity index (χ0v) is 12.8. The van der Waals surface area contributed by atoms with Crippen LogP contribution in [0.15, 0.2) is 36.4 Å². The number of benzene rings is 2. The lowest BCUT2D eigenvalue weighted by molar-refractivity contribution is 0.284. The van der Waals surface area contributed by atoms with E-state index in [1.807, 2.05) is 19.2 Å². The molecule has 0 aliphatic heterocycles. The summed E-state index contributed by atoms with van der Waals surface area (Å²) in [6.45, 7) is 1.05. The summed E-state index contributed by atoms with van der Waals surface area (Å²) in [6, 6.07) is 10.6. The Balaban J connectivity index is 2.16. The zero-order chi connectivity index (χ0) is 15.2. The molecule has 5 heteroatoms. The molecule has 21 heavy (non-hydrogen) atoms. The molecule has 0 saturated heterocycles. The highest BCUT2D eigenvalue weighted by atomic mass is 35.5. The van der Waals surface area contributed by atoms with E-state index in [-0.39, 0.29) is 5.75 Å². The highest BCUT2D eigenvalue weighted by Gasteiger charge is 2.12. The van der Waals surface area contributed by atoms with Crippen LogP contribution in [0.3, 0.4) is 0 Å². The second-order valence-corrected chi connectivity index (χ2v) is 5.00. The second kappa shape index (κ2) is 7.20.